The second kappa shape index (κ2) is 5.22. The molecule has 1 aliphatic carbocycles. The fraction of sp³-hybridized carbons (Fsp3) is 0.900. The van der Waals surface area contributed by atoms with Crippen molar-refractivity contribution in [3.8, 4) is 0 Å². The lowest BCUT2D eigenvalue weighted by Gasteiger charge is -2.16. The zero-order valence-corrected chi connectivity index (χ0v) is 8.68. The quantitative estimate of drug-likeness (QED) is 0.621. The normalized spacial score (nSPS) is 15.8. The van der Waals surface area contributed by atoms with Crippen LogP contribution in [0.1, 0.15) is 25.7 Å². The molecular weight excluding hydrogens is 164 g/mol. The molecule has 1 rings (SSSR count). The molecule has 0 saturated heterocycles. The van der Waals surface area contributed by atoms with Crippen LogP contribution in [0.25, 0.3) is 0 Å². The standard InChI is InChI=1S/C10H20N2O/c1-11-6-3-7-12(2)10(13)8-9-4-5-9/h9,11H,3-8H2,1-2H3. The first-order valence-electron chi connectivity index (χ1n) is 5.12. The van der Waals surface area contributed by atoms with Crippen LogP contribution in [-0.2, 0) is 4.79 Å². The van der Waals surface area contributed by atoms with Gasteiger partial charge >= 0.3 is 0 Å². The van der Waals surface area contributed by atoms with Crippen molar-refractivity contribution in [3.63, 3.8) is 0 Å². The molecule has 0 unspecified atom stereocenters. The van der Waals surface area contributed by atoms with Crippen LogP contribution in [0.4, 0.5) is 0 Å². The van der Waals surface area contributed by atoms with Crippen molar-refractivity contribution in [2.75, 3.05) is 27.2 Å². The molecule has 0 atom stereocenters. The monoisotopic (exact) mass is 184 g/mol. The Balaban J connectivity index is 2.05. The lowest BCUT2D eigenvalue weighted by molar-refractivity contribution is -0.130. The van der Waals surface area contributed by atoms with Crippen LogP contribution in [0.3, 0.4) is 0 Å². The highest BCUT2D eigenvalue weighted by Gasteiger charge is 2.25. The molecule has 0 spiro atoms. The van der Waals surface area contributed by atoms with Crippen LogP contribution in [0.15, 0.2) is 0 Å². The molecule has 3 heteroatoms. The molecule has 1 aliphatic rings. The van der Waals surface area contributed by atoms with Gasteiger partial charge in [0.15, 0.2) is 0 Å². The van der Waals surface area contributed by atoms with Gasteiger partial charge in [-0.1, -0.05) is 0 Å². The van der Waals surface area contributed by atoms with Gasteiger partial charge in [0.25, 0.3) is 0 Å². The number of rotatable bonds is 6. The number of nitrogens with zero attached hydrogens (tertiary/aromatic N) is 1. The highest BCUT2D eigenvalue weighted by atomic mass is 16.2. The highest BCUT2D eigenvalue weighted by molar-refractivity contribution is 5.76. The lowest BCUT2D eigenvalue weighted by Crippen LogP contribution is -2.29. The number of hydrogen-bond donors (Lipinski definition) is 1. The van der Waals surface area contributed by atoms with E-state index in [0.717, 1.165) is 25.9 Å². The zero-order chi connectivity index (χ0) is 9.68. The average molecular weight is 184 g/mol. The van der Waals surface area contributed by atoms with Gasteiger partial charge in [-0.15, -0.1) is 0 Å². The van der Waals surface area contributed by atoms with Crippen molar-refractivity contribution in [2.45, 2.75) is 25.7 Å². The Labute approximate surface area is 80.5 Å². The minimum absolute atomic E-state index is 0.318. The molecule has 0 aromatic heterocycles. The second-order valence-electron chi connectivity index (χ2n) is 3.92. The van der Waals surface area contributed by atoms with Crippen molar-refractivity contribution in [2.24, 2.45) is 5.92 Å². The third kappa shape index (κ3) is 4.27. The summed E-state index contributed by atoms with van der Waals surface area (Å²) in [6.45, 7) is 1.87. The Kier molecular flexibility index (Phi) is 4.22. The minimum Gasteiger partial charge on any atom is -0.346 e. The number of carbonyl (C=O) groups is 1. The largest absolute Gasteiger partial charge is 0.346 e. The molecule has 1 saturated carbocycles. The average Bonchev–Trinajstić information content (AvgIpc) is 2.88. The molecule has 13 heavy (non-hydrogen) atoms. The van der Waals surface area contributed by atoms with Gasteiger partial charge in [0, 0.05) is 20.0 Å². The summed E-state index contributed by atoms with van der Waals surface area (Å²) in [5, 5.41) is 3.08. The van der Waals surface area contributed by atoms with Crippen molar-refractivity contribution < 1.29 is 4.79 Å². The van der Waals surface area contributed by atoms with E-state index in [1.54, 1.807) is 0 Å². The van der Waals surface area contributed by atoms with E-state index in [0.29, 0.717) is 11.8 Å². The number of carbonyl (C=O) groups excluding carboxylic acids is 1. The molecule has 1 N–H and O–H groups in total. The molecule has 0 bridgehead atoms. The summed E-state index contributed by atoms with van der Waals surface area (Å²) < 4.78 is 0. The van der Waals surface area contributed by atoms with Crippen molar-refractivity contribution in [1.82, 2.24) is 10.2 Å². The van der Waals surface area contributed by atoms with Crippen LogP contribution < -0.4 is 5.32 Å². The molecule has 0 heterocycles. The fourth-order valence-electron chi connectivity index (χ4n) is 1.34. The molecule has 3 nitrogen and oxygen atoms in total. The van der Waals surface area contributed by atoms with E-state index < -0.39 is 0 Å². The molecular formula is C10H20N2O. The maximum Gasteiger partial charge on any atom is 0.222 e. The third-order valence-electron chi connectivity index (χ3n) is 2.51. The Hall–Kier alpha value is -0.570. The Morgan fingerprint density at radius 1 is 1.54 bits per heavy atom. The topological polar surface area (TPSA) is 32.3 Å². The van der Waals surface area contributed by atoms with Gasteiger partial charge in [-0.3, -0.25) is 4.79 Å². The Morgan fingerprint density at radius 3 is 2.77 bits per heavy atom. The van der Waals surface area contributed by atoms with E-state index in [4.69, 9.17) is 0 Å². The fourth-order valence-corrected chi connectivity index (χ4v) is 1.34. The lowest BCUT2D eigenvalue weighted by atomic mass is 10.2. The molecule has 1 fully saturated rings. The third-order valence-corrected chi connectivity index (χ3v) is 2.51. The summed E-state index contributed by atoms with van der Waals surface area (Å²) in [6, 6.07) is 0. The summed E-state index contributed by atoms with van der Waals surface area (Å²) in [6.07, 6.45) is 4.34. The van der Waals surface area contributed by atoms with E-state index in [-0.39, 0.29) is 0 Å². The van der Waals surface area contributed by atoms with Gasteiger partial charge in [-0.2, -0.15) is 0 Å². The number of hydrogen-bond acceptors (Lipinski definition) is 2. The predicted octanol–water partition coefficient (Wildman–Crippen LogP) is 0.854. The van der Waals surface area contributed by atoms with Crippen LogP contribution in [0.2, 0.25) is 0 Å². The summed E-state index contributed by atoms with van der Waals surface area (Å²) in [7, 11) is 3.84. The summed E-state index contributed by atoms with van der Waals surface area (Å²) >= 11 is 0. The van der Waals surface area contributed by atoms with E-state index in [9.17, 15) is 4.79 Å². The molecule has 0 radical (unpaired) electrons. The first-order valence-corrected chi connectivity index (χ1v) is 5.12. The molecule has 1 amide bonds. The molecule has 0 aliphatic heterocycles. The van der Waals surface area contributed by atoms with Crippen molar-refractivity contribution >= 4 is 5.91 Å². The number of nitrogens with one attached hydrogen (secondary N) is 1. The van der Waals surface area contributed by atoms with Gasteiger partial charge < -0.3 is 10.2 Å². The Morgan fingerprint density at radius 2 is 2.23 bits per heavy atom. The van der Waals surface area contributed by atoms with Gasteiger partial charge in [-0.05, 0) is 38.8 Å². The summed E-state index contributed by atoms with van der Waals surface area (Å²) in [5.41, 5.74) is 0. The van der Waals surface area contributed by atoms with Crippen LogP contribution in [0, 0.1) is 5.92 Å². The highest BCUT2D eigenvalue weighted by Crippen LogP contribution is 2.32. The zero-order valence-electron chi connectivity index (χ0n) is 8.68. The van der Waals surface area contributed by atoms with Crippen LogP contribution in [-0.4, -0.2) is 38.0 Å². The van der Waals surface area contributed by atoms with E-state index in [1.807, 2.05) is 19.0 Å². The number of amides is 1. The van der Waals surface area contributed by atoms with Gasteiger partial charge in [0.2, 0.25) is 5.91 Å². The van der Waals surface area contributed by atoms with Crippen molar-refractivity contribution in [1.29, 1.82) is 0 Å². The second-order valence-corrected chi connectivity index (χ2v) is 3.92. The smallest absolute Gasteiger partial charge is 0.222 e. The SMILES string of the molecule is CNCCCN(C)C(=O)CC1CC1. The molecule has 0 aromatic rings. The summed E-state index contributed by atoms with van der Waals surface area (Å²) in [5.74, 6) is 1.03. The van der Waals surface area contributed by atoms with Crippen LogP contribution in [0.5, 0.6) is 0 Å². The first-order chi connectivity index (χ1) is 6.24. The van der Waals surface area contributed by atoms with Gasteiger partial charge in [-0.25, -0.2) is 0 Å². The van der Waals surface area contributed by atoms with E-state index >= 15 is 0 Å². The first kappa shape index (κ1) is 10.5. The maximum absolute atomic E-state index is 11.5. The van der Waals surface area contributed by atoms with Crippen molar-refractivity contribution in [3.05, 3.63) is 0 Å². The van der Waals surface area contributed by atoms with Gasteiger partial charge in [0.05, 0.1) is 0 Å². The summed E-state index contributed by atoms with van der Waals surface area (Å²) in [4.78, 5) is 13.3. The molecule has 0 aromatic carbocycles. The Bertz CT molecular complexity index is 166. The van der Waals surface area contributed by atoms with E-state index in [2.05, 4.69) is 5.32 Å². The minimum atomic E-state index is 0.318. The maximum atomic E-state index is 11.5. The predicted molar refractivity (Wildman–Crippen MR) is 53.5 cm³/mol. The molecule has 76 valence electrons. The van der Waals surface area contributed by atoms with E-state index in [1.165, 1.54) is 12.8 Å². The van der Waals surface area contributed by atoms with Gasteiger partial charge in [0.1, 0.15) is 0 Å². The van der Waals surface area contributed by atoms with Crippen LogP contribution >= 0.6 is 0 Å².